The molecule has 0 saturated heterocycles. The van der Waals surface area contributed by atoms with Crippen LogP contribution in [0.4, 0.5) is 13.2 Å². The van der Waals surface area contributed by atoms with Crippen molar-refractivity contribution in [2.24, 2.45) is 0 Å². The van der Waals surface area contributed by atoms with Crippen molar-refractivity contribution in [3.05, 3.63) is 45.1 Å². The van der Waals surface area contributed by atoms with Crippen molar-refractivity contribution < 1.29 is 22.6 Å². The number of thioether (sulfide) groups is 1. The smallest absolute Gasteiger partial charge is 0.433 e. The molecule has 4 rings (SSSR count). The maximum absolute atomic E-state index is 13.4. The van der Waals surface area contributed by atoms with E-state index < -0.39 is 11.9 Å². The summed E-state index contributed by atoms with van der Waals surface area (Å²) in [5.41, 5.74) is 0.653. The minimum Gasteiger partial charge on any atom is -0.454 e. The Kier molecular flexibility index (Phi) is 4.60. The van der Waals surface area contributed by atoms with Gasteiger partial charge in [0.1, 0.15) is 16.8 Å². The Morgan fingerprint density at radius 3 is 2.59 bits per heavy atom. The van der Waals surface area contributed by atoms with E-state index in [4.69, 9.17) is 21.1 Å². The van der Waals surface area contributed by atoms with Gasteiger partial charge >= 0.3 is 6.18 Å². The summed E-state index contributed by atoms with van der Waals surface area (Å²) >= 11 is 7.30. The van der Waals surface area contributed by atoms with E-state index in [1.54, 1.807) is 12.1 Å². The van der Waals surface area contributed by atoms with Gasteiger partial charge in [-0.3, -0.25) is 0 Å². The average Bonchev–Trinajstić information content (AvgIpc) is 3.26. The minimum atomic E-state index is -4.55. The van der Waals surface area contributed by atoms with Gasteiger partial charge in [-0.05, 0) is 42.0 Å². The highest BCUT2D eigenvalue weighted by molar-refractivity contribution is 7.98. The molecule has 2 heterocycles. The molecule has 9 heteroatoms. The standard InChI is InChI=1S/C18H12ClF3N2O2S/c19-13-5-15-14(25-8-26-15)4-9(13)7-27-17-12(6-23)10-2-1-3-11(10)16(24-17)18(20,21)22/h4-5H,1-3,7-8H2. The molecule has 0 saturated carbocycles. The van der Waals surface area contributed by atoms with E-state index in [0.29, 0.717) is 46.9 Å². The van der Waals surface area contributed by atoms with Gasteiger partial charge in [0, 0.05) is 16.8 Å². The van der Waals surface area contributed by atoms with Gasteiger partial charge in [0.25, 0.3) is 0 Å². The number of rotatable bonds is 3. The summed E-state index contributed by atoms with van der Waals surface area (Å²) in [6.45, 7) is 0.0994. The molecule has 2 aliphatic rings. The number of pyridine rings is 1. The van der Waals surface area contributed by atoms with Crippen LogP contribution in [-0.4, -0.2) is 11.8 Å². The minimum absolute atomic E-state index is 0.0826. The molecular formula is C18H12ClF3N2O2S. The van der Waals surface area contributed by atoms with Crippen LogP contribution in [0.3, 0.4) is 0 Å². The molecule has 4 nitrogen and oxygen atoms in total. The second-order valence-corrected chi connectivity index (χ2v) is 7.52. The number of hydrogen-bond donors (Lipinski definition) is 0. The second-order valence-electron chi connectivity index (χ2n) is 6.15. The highest BCUT2D eigenvalue weighted by Gasteiger charge is 2.39. The van der Waals surface area contributed by atoms with Gasteiger partial charge in [-0.2, -0.15) is 18.4 Å². The van der Waals surface area contributed by atoms with Crippen LogP contribution in [0.5, 0.6) is 11.5 Å². The van der Waals surface area contributed by atoms with Crippen LogP contribution in [-0.2, 0) is 24.8 Å². The van der Waals surface area contributed by atoms with E-state index in [9.17, 15) is 18.4 Å². The Morgan fingerprint density at radius 1 is 1.19 bits per heavy atom. The van der Waals surface area contributed by atoms with E-state index in [1.807, 2.05) is 6.07 Å². The Morgan fingerprint density at radius 2 is 1.89 bits per heavy atom. The van der Waals surface area contributed by atoms with Gasteiger partial charge in [0.15, 0.2) is 11.5 Å². The largest absolute Gasteiger partial charge is 0.454 e. The predicted molar refractivity (Wildman–Crippen MR) is 93.1 cm³/mol. The number of nitrogens with zero attached hydrogens (tertiary/aromatic N) is 2. The van der Waals surface area contributed by atoms with Gasteiger partial charge < -0.3 is 9.47 Å². The summed E-state index contributed by atoms with van der Waals surface area (Å²) in [4.78, 5) is 3.82. The lowest BCUT2D eigenvalue weighted by Crippen LogP contribution is -2.14. The zero-order valence-electron chi connectivity index (χ0n) is 13.8. The van der Waals surface area contributed by atoms with Gasteiger partial charge in [0.2, 0.25) is 6.79 Å². The Bertz CT molecular complexity index is 973. The number of ether oxygens (including phenoxy) is 2. The molecule has 0 fully saturated rings. The normalized spacial score (nSPS) is 14.9. The molecule has 0 amide bonds. The summed E-state index contributed by atoms with van der Waals surface area (Å²) in [5.74, 6) is 1.32. The third kappa shape index (κ3) is 3.30. The Labute approximate surface area is 162 Å². The molecule has 0 radical (unpaired) electrons. The van der Waals surface area contributed by atoms with Gasteiger partial charge in [0.05, 0.1) is 5.56 Å². The molecule has 1 aliphatic heterocycles. The van der Waals surface area contributed by atoms with Crippen LogP contribution in [0.1, 0.15) is 34.4 Å². The zero-order chi connectivity index (χ0) is 19.2. The Balaban J connectivity index is 1.70. The van der Waals surface area contributed by atoms with Crippen molar-refractivity contribution >= 4 is 23.4 Å². The maximum Gasteiger partial charge on any atom is 0.433 e. The first-order chi connectivity index (χ1) is 12.9. The zero-order valence-corrected chi connectivity index (χ0v) is 15.4. The first-order valence-electron chi connectivity index (χ1n) is 8.12. The number of hydrogen-bond acceptors (Lipinski definition) is 5. The molecule has 0 bridgehead atoms. The SMILES string of the molecule is N#Cc1c(SCc2cc3c(cc2Cl)OCO3)nc(C(F)(F)F)c2c1CCC2. The fourth-order valence-corrected chi connectivity index (χ4v) is 4.60. The second kappa shape index (κ2) is 6.80. The number of nitriles is 1. The van der Waals surface area contributed by atoms with Crippen molar-refractivity contribution in [2.45, 2.75) is 36.2 Å². The highest BCUT2D eigenvalue weighted by Crippen LogP contribution is 2.42. The first kappa shape index (κ1) is 18.3. The molecule has 2 aromatic rings. The lowest BCUT2D eigenvalue weighted by Gasteiger charge is -2.15. The summed E-state index contributed by atoms with van der Waals surface area (Å²) in [6, 6.07) is 5.35. The Hall–Kier alpha value is -2.11. The molecule has 27 heavy (non-hydrogen) atoms. The molecule has 0 unspecified atom stereocenters. The summed E-state index contributed by atoms with van der Waals surface area (Å²) in [6.07, 6.45) is -3.20. The van der Waals surface area contributed by atoms with Crippen LogP contribution < -0.4 is 9.47 Å². The third-order valence-corrected chi connectivity index (χ3v) is 5.90. The van der Waals surface area contributed by atoms with Gasteiger partial charge in [-0.1, -0.05) is 11.6 Å². The fraction of sp³-hybridized carbons (Fsp3) is 0.333. The first-order valence-corrected chi connectivity index (χ1v) is 9.48. The molecule has 0 spiro atoms. The van der Waals surface area contributed by atoms with E-state index >= 15 is 0 Å². The number of halogens is 4. The van der Waals surface area contributed by atoms with Crippen LogP contribution in [0.15, 0.2) is 17.2 Å². The van der Waals surface area contributed by atoms with Gasteiger partial charge in [-0.25, -0.2) is 4.98 Å². The van der Waals surface area contributed by atoms with Crippen molar-refractivity contribution in [3.8, 4) is 17.6 Å². The van der Waals surface area contributed by atoms with Crippen LogP contribution in [0.25, 0.3) is 0 Å². The van der Waals surface area contributed by atoms with Crippen molar-refractivity contribution in [2.75, 3.05) is 6.79 Å². The lowest BCUT2D eigenvalue weighted by atomic mass is 10.0. The maximum atomic E-state index is 13.4. The summed E-state index contributed by atoms with van der Waals surface area (Å²) < 4.78 is 50.8. The fourth-order valence-electron chi connectivity index (χ4n) is 3.31. The van der Waals surface area contributed by atoms with E-state index in [2.05, 4.69) is 4.98 Å². The monoisotopic (exact) mass is 412 g/mol. The number of benzene rings is 1. The molecule has 1 aliphatic carbocycles. The average molecular weight is 413 g/mol. The van der Waals surface area contributed by atoms with E-state index in [-0.39, 0.29) is 28.7 Å². The predicted octanol–water partition coefficient (Wildman–Crippen LogP) is 5.14. The third-order valence-electron chi connectivity index (χ3n) is 4.52. The molecular weight excluding hydrogens is 401 g/mol. The molecule has 0 atom stereocenters. The van der Waals surface area contributed by atoms with E-state index in [0.717, 1.165) is 11.8 Å². The molecule has 140 valence electrons. The molecule has 1 aromatic carbocycles. The van der Waals surface area contributed by atoms with Gasteiger partial charge in [-0.15, -0.1) is 11.8 Å². The number of alkyl halides is 3. The van der Waals surface area contributed by atoms with Crippen LogP contribution >= 0.6 is 23.4 Å². The number of aromatic nitrogens is 1. The van der Waals surface area contributed by atoms with Crippen molar-refractivity contribution in [1.29, 1.82) is 5.26 Å². The lowest BCUT2D eigenvalue weighted by molar-refractivity contribution is -0.142. The van der Waals surface area contributed by atoms with Crippen LogP contribution in [0, 0.1) is 11.3 Å². The summed E-state index contributed by atoms with van der Waals surface area (Å²) in [7, 11) is 0. The number of fused-ring (bicyclic) bond motifs is 2. The quantitative estimate of drug-likeness (QED) is 0.654. The van der Waals surface area contributed by atoms with Crippen molar-refractivity contribution in [1.82, 2.24) is 4.98 Å². The van der Waals surface area contributed by atoms with Crippen LogP contribution in [0.2, 0.25) is 5.02 Å². The van der Waals surface area contributed by atoms with Crippen molar-refractivity contribution in [3.63, 3.8) is 0 Å². The van der Waals surface area contributed by atoms with E-state index in [1.165, 1.54) is 0 Å². The summed E-state index contributed by atoms with van der Waals surface area (Å²) in [5, 5.41) is 10.0. The highest BCUT2D eigenvalue weighted by atomic mass is 35.5. The molecule has 0 N–H and O–H groups in total. The molecule has 1 aromatic heterocycles. The topological polar surface area (TPSA) is 55.1 Å².